The van der Waals surface area contributed by atoms with E-state index in [1.807, 2.05) is 22.6 Å². The summed E-state index contributed by atoms with van der Waals surface area (Å²) in [5.41, 5.74) is -0.143. The number of hydrogen-bond donors (Lipinski definition) is 2. The summed E-state index contributed by atoms with van der Waals surface area (Å²) in [5, 5.41) is 22.9. The summed E-state index contributed by atoms with van der Waals surface area (Å²) in [6.07, 6.45) is 0. The maximum absolute atomic E-state index is 10.8. The van der Waals surface area contributed by atoms with E-state index in [1.54, 1.807) is 26.0 Å². The molecule has 1 aromatic carbocycles. The molecule has 0 fully saturated rings. The maximum atomic E-state index is 10.8. The van der Waals surface area contributed by atoms with Crippen LogP contribution in [0.5, 0.6) is 0 Å². The number of anilines is 1. The van der Waals surface area contributed by atoms with Gasteiger partial charge in [-0.1, -0.05) is 0 Å². The monoisotopic (exact) mass is 336 g/mol. The molecular formula is C10H13IN2O3. The Labute approximate surface area is 107 Å². The minimum atomic E-state index is -0.586. The molecule has 1 rings (SSSR count). The molecule has 1 aromatic rings. The van der Waals surface area contributed by atoms with E-state index >= 15 is 0 Å². The molecule has 0 aliphatic heterocycles. The van der Waals surface area contributed by atoms with Crippen LogP contribution < -0.4 is 5.32 Å². The Morgan fingerprint density at radius 1 is 1.56 bits per heavy atom. The van der Waals surface area contributed by atoms with Crippen LogP contribution in [0.3, 0.4) is 0 Å². The molecule has 0 amide bonds. The van der Waals surface area contributed by atoms with Crippen LogP contribution in [0.2, 0.25) is 0 Å². The zero-order valence-electron chi connectivity index (χ0n) is 9.03. The summed E-state index contributed by atoms with van der Waals surface area (Å²) in [4.78, 5) is 10.4. The van der Waals surface area contributed by atoms with Gasteiger partial charge in [-0.3, -0.25) is 10.1 Å². The molecule has 0 atom stereocenters. The van der Waals surface area contributed by atoms with Gasteiger partial charge in [-0.05, 0) is 48.6 Å². The van der Waals surface area contributed by atoms with Crippen LogP contribution in [0.4, 0.5) is 11.4 Å². The molecule has 0 bridgehead atoms. The fourth-order valence-corrected chi connectivity index (χ4v) is 1.64. The number of benzene rings is 1. The summed E-state index contributed by atoms with van der Waals surface area (Å²) in [6, 6.07) is 4.93. The molecule has 0 aliphatic rings. The van der Waals surface area contributed by atoms with Crippen LogP contribution in [0, 0.1) is 13.7 Å². The first-order valence-electron chi connectivity index (χ1n) is 4.69. The van der Waals surface area contributed by atoms with Gasteiger partial charge in [0.2, 0.25) is 0 Å². The summed E-state index contributed by atoms with van der Waals surface area (Å²) < 4.78 is 0.802. The second-order valence-electron chi connectivity index (χ2n) is 4.09. The Bertz CT molecular complexity index is 407. The van der Waals surface area contributed by atoms with Crippen molar-refractivity contribution in [1.82, 2.24) is 0 Å². The van der Waals surface area contributed by atoms with Gasteiger partial charge in [-0.25, -0.2) is 0 Å². The maximum Gasteiger partial charge on any atom is 0.293 e. The van der Waals surface area contributed by atoms with E-state index in [0.29, 0.717) is 5.69 Å². The van der Waals surface area contributed by atoms with Gasteiger partial charge in [0, 0.05) is 9.64 Å². The molecule has 6 heteroatoms. The Kier molecular flexibility index (Phi) is 4.09. The van der Waals surface area contributed by atoms with Gasteiger partial charge in [0.1, 0.15) is 5.69 Å². The topological polar surface area (TPSA) is 75.4 Å². The largest absolute Gasteiger partial charge is 0.394 e. The molecule has 0 radical (unpaired) electrons. The van der Waals surface area contributed by atoms with Gasteiger partial charge in [0.05, 0.1) is 17.1 Å². The van der Waals surface area contributed by atoms with Crippen LogP contribution in [-0.2, 0) is 0 Å². The van der Waals surface area contributed by atoms with E-state index < -0.39 is 10.5 Å². The Hall–Kier alpha value is -0.890. The van der Waals surface area contributed by atoms with Gasteiger partial charge in [0.15, 0.2) is 0 Å². The van der Waals surface area contributed by atoms with Crippen molar-refractivity contribution >= 4 is 34.0 Å². The van der Waals surface area contributed by atoms with Crippen molar-refractivity contribution in [2.24, 2.45) is 0 Å². The van der Waals surface area contributed by atoms with Gasteiger partial charge >= 0.3 is 0 Å². The summed E-state index contributed by atoms with van der Waals surface area (Å²) >= 11 is 2.02. The number of aliphatic hydroxyl groups excluding tert-OH is 1. The number of aliphatic hydroxyl groups is 1. The van der Waals surface area contributed by atoms with Crippen molar-refractivity contribution in [2.45, 2.75) is 19.4 Å². The lowest BCUT2D eigenvalue weighted by Gasteiger charge is -2.24. The van der Waals surface area contributed by atoms with E-state index in [-0.39, 0.29) is 12.3 Å². The minimum absolute atomic E-state index is 0.0217. The SMILES string of the molecule is CC(C)(CO)Nc1ccc(I)cc1[N+](=O)[O-]. The molecule has 0 heterocycles. The highest BCUT2D eigenvalue weighted by atomic mass is 127. The zero-order chi connectivity index (χ0) is 12.3. The Balaban J connectivity index is 3.09. The third-order valence-electron chi connectivity index (χ3n) is 2.02. The molecule has 0 spiro atoms. The van der Waals surface area contributed by atoms with Crippen molar-refractivity contribution in [2.75, 3.05) is 11.9 Å². The highest BCUT2D eigenvalue weighted by molar-refractivity contribution is 14.1. The molecule has 2 N–H and O–H groups in total. The fraction of sp³-hybridized carbons (Fsp3) is 0.400. The quantitative estimate of drug-likeness (QED) is 0.503. The smallest absolute Gasteiger partial charge is 0.293 e. The summed E-state index contributed by atoms with van der Waals surface area (Å²) in [7, 11) is 0. The standard InChI is InChI=1S/C10H13IN2O3/c1-10(2,6-14)12-8-4-3-7(11)5-9(8)13(15)16/h3-5,12,14H,6H2,1-2H3. The molecule has 5 nitrogen and oxygen atoms in total. The van der Waals surface area contributed by atoms with Crippen LogP contribution in [0.1, 0.15) is 13.8 Å². The Morgan fingerprint density at radius 2 is 2.19 bits per heavy atom. The van der Waals surface area contributed by atoms with Gasteiger partial charge in [-0.15, -0.1) is 0 Å². The van der Waals surface area contributed by atoms with Crippen molar-refractivity contribution in [3.05, 3.63) is 31.9 Å². The number of nitrogens with zero attached hydrogens (tertiary/aromatic N) is 1. The fourth-order valence-electron chi connectivity index (χ4n) is 1.17. The third-order valence-corrected chi connectivity index (χ3v) is 2.70. The summed E-state index contributed by atoms with van der Waals surface area (Å²) in [5.74, 6) is 0. The number of hydrogen-bond acceptors (Lipinski definition) is 4. The molecule has 0 saturated heterocycles. The van der Waals surface area contributed by atoms with E-state index in [2.05, 4.69) is 5.32 Å². The van der Waals surface area contributed by atoms with Gasteiger partial charge in [0.25, 0.3) is 5.69 Å². The minimum Gasteiger partial charge on any atom is -0.394 e. The van der Waals surface area contributed by atoms with Crippen LogP contribution in [0.25, 0.3) is 0 Å². The third kappa shape index (κ3) is 3.31. The van der Waals surface area contributed by atoms with Crippen molar-refractivity contribution < 1.29 is 10.0 Å². The zero-order valence-corrected chi connectivity index (χ0v) is 11.2. The first-order chi connectivity index (χ1) is 7.35. The second-order valence-corrected chi connectivity index (χ2v) is 5.33. The molecule has 88 valence electrons. The van der Waals surface area contributed by atoms with Crippen molar-refractivity contribution in [1.29, 1.82) is 0 Å². The van der Waals surface area contributed by atoms with Gasteiger partial charge in [-0.2, -0.15) is 0 Å². The lowest BCUT2D eigenvalue weighted by Crippen LogP contribution is -2.35. The average Bonchev–Trinajstić information content (AvgIpc) is 2.20. The molecular weight excluding hydrogens is 323 g/mol. The van der Waals surface area contributed by atoms with E-state index in [9.17, 15) is 10.1 Å². The molecule has 0 aromatic heterocycles. The second kappa shape index (κ2) is 4.96. The lowest BCUT2D eigenvalue weighted by molar-refractivity contribution is -0.384. The van der Waals surface area contributed by atoms with Gasteiger partial charge < -0.3 is 10.4 Å². The first-order valence-corrected chi connectivity index (χ1v) is 5.76. The molecule has 0 unspecified atom stereocenters. The number of halogens is 1. The lowest BCUT2D eigenvalue weighted by atomic mass is 10.1. The normalized spacial score (nSPS) is 11.2. The van der Waals surface area contributed by atoms with Crippen molar-refractivity contribution in [3.63, 3.8) is 0 Å². The summed E-state index contributed by atoms with van der Waals surface area (Å²) in [6.45, 7) is 3.44. The van der Waals surface area contributed by atoms with E-state index in [0.717, 1.165) is 3.57 Å². The highest BCUT2D eigenvalue weighted by Gasteiger charge is 2.21. The van der Waals surface area contributed by atoms with Crippen LogP contribution >= 0.6 is 22.6 Å². The average molecular weight is 336 g/mol. The number of nitrogens with one attached hydrogen (secondary N) is 1. The van der Waals surface area contributed by atoms with E-state index in [1.165, 1.54) is 6.07 Å². The predicted molar refractivity (Wildman–Crippen MR) is 70.6 cm³/mol. The first kappa shape index (κ1) is 13.2. The predicted octanol–water partition coefficient (Wildman–Crippen LogP) is 2.38. The van der Waals surface area contributed by atoms with Crippen LogP contribution in [-0.4, -0.2) is 22.2 Å². The van der Waals surface area contributed by atoms with Crippen molar-refractivity contribution in [3.8, 4) is 0 Å². The molecule has 16 heavy (non-hydrogen) atoms. The number of nitro groups is 1. The molecule has 0 aliphatic carbocycles. The number of rotatable bonds is 4. The Morgan fingerprint density at radius 3 is 2.69 bits per heavy atom. The highest BCUT2D eigenvalue weighted by Crippen LogP contribution is 2.28. The van der Waals surface area contributed by atoms with Crippen LogP contribution in [0.15, 0.2) is 18.2 Å². The number of nitro benzene ring substituents is 1. The molecule has 0 saturated carbocycles. The van der Waals surface area contributed by atoms with E-state index in [4.69, 9.17) is 5.11 Å².